The van der Waals surface area contributed by atoms with Gasteiger partial charge >= 0.3 is 0 Å². The van der Waals surface area contributed by atoms with Gasteiger partial charge < -0.3 is 19.5 Å². The molecule has 7 heteroatoms. The van der Waals surface area contributed by atoms with Gasteiger partial charge in [-0.3, -0.25) is 4.79 Å². The number of methoxy groups -OCH3 is 2. The predicted octanol–water partition coefficient (Wildman–Crippen LogP) is 4.08. The summed E-state index contributed by atoms with van der Waals surface area (Å²) in [6.07, 6.45) is 0.732. The van der Waals surface area contributed by atoms with Gasteiger partial charge in [-0.2, -0.15) is 0 Å². The van der Waals surface area contributed by atoms with Gasteiger partial charge in [-0.1, -0.05) is 18.2 Å². The van der Waals surface area contributed by atoms with Gasteiger partial charge in [0, 0.05) is 22.9 Å². The van der Waals surface area contributed by atoms with Gasteiger partial charge in [-0.05, 0) is 24.3 Å². The molecule has 1 aliphatic rings. The molecule has 6 nitrogen and oxygen atoms in total. The van der Waals surface area contributed by atoms with E-state index < -0.39 is 0 Å². The third kappa shape index (κ3) is 3.53. The lowest BCUT2D eigenvalue weighted by Crippen LogP contribution is -2.32. The molecule has 0 spiro atoms. The van der Waals surface area contributed by atoms with E-state index in [1.165, 1.54) is 11.3 Å². The Labute approximate surface area is 167 Å². The SMILES string of the molecule is COc1ccc(-c2nc(C(=O)N[C@H]3CCOc4ccccc43)cs2)cc1OC. The zero-order valence-electron chi connectivity index (χ0n) is 15.6. The van der Waals surface area contributed by atoms with Crippen molar-refractivity contribution in [3.63, 3.8) is 0 Å². The van der Waals surface area contributed by atoms with Gasteiger partial charge in [0.05, 0.1) is 26.9 Å². The van der Waals surface area contributed by atoms with Crippen LogP contribution in [0, 0.1) is 0 Å². The lowest BCUT2D eigenvalue weighted by molar-refractivity contribution is 0.0920. The van der Waals surface area contributed by atoms with E-state index in [9.17, 15) is 4.79 Å². The molecule has 1 aliphatic heterocycles. The number of thiazole rings is 1. The van der Waals surface area contributed by atoms with E-state index >= 15 is 0 Å². The van der Waals surface area contributed by atoms with Crippen molar-refractivity contribution in [1.82, 2.24) is 10.3 Å². The van der Waals surface area contributed by atoms with E-state index in [0.717, 1.165) is 28.3 Å². The molecule has 0 saturated carbocycles. The maximum absolute atomic E-state index is 12.7. The molecule has 0 bridgehead atoms. The second kappa shape index (κ2) is 7.90. The van der Waals surface area contributed by atoms with E-state index in [0.29, 0.717) is 23.8 Å². The molecule has 1 aromatic heterocycles. The van der Waals surface area contributed by atoms with Crippen molar-refractivity contribution in [2.24, 2.45) is 0 Å². The Morgan fingerprint density at radius 2 is 2.00 bits per heavy atom. The molecular weight excluding hydrogens is 376 g/mol. The molecule has 2 heterocycles. The first kappa shape index (κ1) is 18.3. The summed E-state index contributed by atoms with van der Waals surface area (Å²) in [6, 6.07) is 13.3. The van der Waals surface area contributed by atoms with Crippen molar-refractivity contribution in [3.8, 4) is 27.8 Å². The zero-order valence-corrected chi connectivity index (χ0v) is 16.4. The molecule has 144 valence electrons. The summed E-state index contributed by atoms with van der Waals surface area (Å²) < 4.78 is 16.3. The topological polar surface area (TPSA) is 69.7 Å². The molecule has 0 fully saturated rings. The molecule has 2 aromatic carbocycles. The first-order valence-electron chi connectivity index (χ1n) is 8.90. The van der Waals surface area contributed by atoms with Gasteiger partial charge in [0.2, 0.25) is 0 Å². The monoisotopic (exact) mass is 396 g/mol. The summed E-state index contributed by atoms with van der Waals surface area (Å²) in [6.45, 7) is 0.579. The Hall–Kier alpha value is -3.06. The molecule has 1 amide bonds. The summed E-state index contributed by atoms with van der Waals surface area (Å²) in [5.74, 6) is 1.91. The highest BCUT2D eigenvalue weighted by molar-refractivity contribution is 7.13. The Balaban J connectivity index is 1.53. The average molecular weight is 396 g/mol. The van der Waals surface area contributed by atoms with E-state index in [1.807, 2.05) is 42.5 Å². The van der Waals surface area contributed by atoms with Crippen molar-refractivity contribution in [1.29, 1.82) is 0 Å². The van der Waals surface area contributed by atoms with Crippen LogP contribution in [-0.2, 0) is 0 Å². The molecule has 0 aliphatic carbocycles. The van der Waals surface area contributed by atoms with Crippen molar-refractivity contribution in [2.75, 3.05) is 20.8 Å². The molecule has 1 N–H and O–H groups in total. The Morgan fingerprint density at radius 3 is 2.82 bits per heavy atom. The average Bonchev–Trinajstić information content (AvgIpc) is 3.24. The minimum Gasteiger partial charge on any atom is -0.493 e. The van der Waals surface area contributed by atoms with Crippen LogP contribution in [-0.4, -0.2) is 31.7 Å². The van der Waals surface area contributed by atoms with E-state index in [2.05, 4.69) is 10.3 Å². The van der Waals surface area contributed by atoms with Gasteiger partial charge in [-0.25, -0.2) is 4.98 Å². The van der Waals surface area contributed by atoms with E-state index in [-0.39, 0.29) is 11.9 Å². The minimum atomic E-state index is -0.190. The number of nitrogens with one attached hydrogen (secondary N) is 1. The summed E-state index contributed by atoms with van der Waals surface area (Å²) in [7, 11) is 3.19. The van der Waals surface area contributed by atoms with Crippen molar-refractivity contribution in [2.45, 2.75) is 12.5 Å². The number of para-hydroxylation sites is 1. The predicted molar refractivity (Wildman–Crippen MR) is 107 cm³/mol. The number of hydrogen-bond acceptors (Lipinski definition) is 6. The lowest BCUT2D eigenvalue weighted by Gasteiger charge is -2.26. The molecule has 1 atom stereocenters. The van der Waals surface area contributed by atoms with Crippen LogP contribution >= 0.6 is 11.3 Å². The Morgan fingerprint density at radius 1 is 1.18 bits per heavy atom. The number of carbonyl (C=O) groups is 1. The molecule has 0 saturated heterocycles. The van der Waals surface area contributed by atoms with Crippen LogP contribution in [0.4, 0.5) is 0 Å². The summed E-state index contributed by atoms with van der Waals surface area (Å²) in [4.78, 5) is 17.3. The number of rotatable bonds is 5. The second-order valence-electron chi connectivity index (χ2n) is 6.31. The zero-order chi connectivity index (χ0) is 19.5. The van der Waals surface area contributed by atoms with Crippen LogP contribution in [0.1, 0.15) is 28.5 Å². The lowest BCUT2D eigenvalue weighted by atomic mass is 10.0. The van der Waals surface area contributed by atoms with E-state index in [4.69, 9.17) is 14.2 Å². The quantitative estimate of drug-likeness (QED) is 0.704. The van der Waals surface area contributed by atoms with E-state index in [1.54, 1.807) is 19.6 Å². The number of nitrogens with zero attached hydrogens (tertiary/aromatic N) is 1. The van der Waals surface area contributed by atoms with Crippen LogP contribution in [0.5, 0.6) is 17.2 Å². The summed E-state index contributed by atoms with van der Waals surface area (Å²) >= 11 is 1.42. The number of carbonyl (C=O) groups excluding carboxylic acids is 1. The summed E-state index contributed by atoms with van der Waals surface area (Å²) in [5, 5.41) is 5.60. The van der Waals surface area contributed by atoms with Crippen LogP contribution in [0.25, 0.3) is 10.6 Å². The van der Waals surface area contributed by atoms with Crippen molar-refractivity contribution >= 4 is 17.2 Å². The van der Waals surface area contributed by atoms with Gasteiger partial charge in [-0.15, -0.1) is 11.3 Å². The fraction of sp³-hybridized carbons (Fsp3) is 0.238. The highest BCUT2D eigenvalue weighted by atomic mass is 32.1. The Bertz CT molecular complexity index is 1000. The first-order chi connectivity index (χ1) is 13.7. The smallest absolute Gasteiger partial charge is 0.271 e. The van der Waals surface area contributed by atoms with Gasteiger partial charge in [0.15, 0.2) is 11.5 Å². The van der Waals surface area contributed by atoms with Gasteiger partial charge in [0.25, 0.3) is 5.91 Å². The van der Waals surface area contributed by atoms with Crippen LogP contribution in [0.15, 0.2) is 47.8 Å². The maximum Gasteiger partial charge on any atom is 0.271 e. The standard InChI is InChI=1S/C21H20N2O4S/c1-25-18-8-7-13(11-19(18)26-2)21-23-16(12-28-21)20(24)22-15-9-10-27-17-6-4-3-5-14(15)17/h3-8,11-12,15H,9-10H2,1-2H3,(H,22,24)/t15-/m0/s1. The fourth-order valence-electron chi connectivity index (χ4n) is 3.20. The largest absolute Gasteiger partial charge is 0.493 e. The third-order valence-electron chi connectivity index (χ3n) is 4.63. The van der Waals surface area contributed by atoms with Crippen LogP contribution < -0.4 is 19.5 Å². The van der Waals surface area contributed by atoms with Gasteiger partial charge in [0.1, 0.15) is 16.5 Å². The minimum absolute atomic E-state index is 0.0799. The molecule has 28 heavy (non-hydrogen) atoms. The third-order valence-corrected chi connectivity index (χ3v) is 5.52. The van der Waals surface area contributed by atoms with Crippen LogP contribution in [0.3, 0.4) is 0 Å². The number of fused-ring (bicyclic) bond motifs is 1. The van der Waals surface area contributed by atoms with Crippen molar-refractivity contribution in [3.05, 3.63) is 59.1 Å². The second-order valence-corrected chi connectivity index (χ2v) is 7.17. The molecule has 0 unspecified atom stereocenters. The summed E-state index contributed by atoms with van der Waals surface area (Å²) in [5.41, 5.74) is 2.27. The number of benzene rings is 2. The van der Waals surface area contributed by atoms with Crippen LogP contribution in [0.2, 0.25) is 0 Å². The molecule has 0 radical (unpaired) electrons. The maximum atomic E-state index is 12.7. The first-order valence-corrected chi connectivity index (χ1v) is 9.78. The molecule has 4 rings (SSSR count). The molecule has 3 aromatic rings. The highest BCUT2D eigenvalue weighted by Gasteiger charge is 2.24. The van der Waals surface area contributed by atoms with Crippen molar-refractivity contribution < 1.29 is 19.0 Å². The number of ether oxygens (including phenoxy) is 3. The highest BCUT2D eigenvalue weighted by Crippen LogP contribution is 2.34. The fourth-order valence-corrected chi connectivity index (χ4v) is 4.00. The normalized spacial score (nSPS) is 15.3. The number of hydrogen-bond donors (Lipinski definition) is 1. The number of amides is 1. The number of aromatic nitrogens is 1. The molecular formula is C21H20N2O4S. The Kier molecular flexibility index (Phi) is 5.16.